The van der Waals surface area contributed by atoms with Crippen molar-refractivity contribution >= 4 is 52.3 Å². The molecule has 0 saturated heterocycles. The highest BCUT2D eigenvalue weighted by molar-refractivity contribution is 7.07. The average Bonchev–Trinajstić information content (AvgIpc) is 3.48. The number of esters is 1. The number of nitrogens with zero attached hydrogens (tertiary/aromatic N) is 3. The smallest absolute Gasteiger partial charge is 0.338 e. The first kappa shape index (κ1) is 26.6. The van der Waals surface area contributed by atoms with E-state index in [0.29, 0.717) is 26.8 Å². The van der Waals surface area contributed by atoms with Crippen molar-refractivity contribution in [3.05, 3.63) is 117 Å². The lowest BCUT2D eigenvalue weighted by Gasteiger charge is -2.25. The van der Waals surface area contributed by atoms with Crippen LogP contribution in [-0.4, -0.2) is 22.1 Å². The molecule has 1 aliphatic heterocycles. The second-order valence-corrected chi connectivity index (χ2v) is 10.3. The number of nitro benzene ring substituents is 1. The van der Waals surface area contributed by atoms with E-state index in [2.05, 4.69) is 4.99 Å². The fourth-order valence-electron chi connectivity index (χ4n) is 4.35. The highest BCUT2D eigenvalue weighted by atomic mass is 35.5. The molecular weight excluding hydrogens is 565 g/mol. The summed E-state index contributed by atoms with van der Waals surface area (Å²) in [6.07, 6.45) is 1.53. The molecule has 9 nitrogen and oxygen atoms in total. The van der Waals surface area contributed by atoms with Crippen LogP contribution >= 0.6 is 34.5 Å². The number of aromatic nitrogens is 1. The van der Waals surface area contributed by atoms with Gasteiger partial charge in [-0.15, -0.1) is 0 Å². The third-order valence-corrected chi connectivity index (χ3v) is 7.60. The van der Waals surface area contributed by atoms with Gasteiger partial charge in [-0.05, 0) is 49.7 Å². The van der Waals surface area contributed by atoms with Gasteiger partial charge in [0.15, 0.2) is 4.80 Å². The molecule has 0 bridgehead atoms. The van der Waals surface area contributed by atoms with Gasteiger partial charge in [0, 0.05) is 22.2 Å². The van der Waals surface area contributed by atoms with Gasteiger partial charge < -0.3 is 9.15 Å². The summed E-state index contributed by atoms with van der Waals surface area (Å²) in [5.41, 5.74) is 0.831. The van der Waals surface area contributed by atoms with Crippen molar-refractivity contribution in [3.63, 3.8) is 0 Å². The molecule has 0 spiro atoms. The monoisotopic (exact) mass is 583 g/mol. The third-order valence-electron chi connectivity index (χ3n) is 6.04. The number of furan rings is 1. The highest BCUT2D eigenvalue weighted by Gasteiger charge is 2.34. The molecule has 2 aromatic heterocycles. The number of hydrogen-bond acceptors (Lipinski definition) is 8. The van der Waals surface area contributed by atoms with Gasteiger partial charge in [0.25, 0.3) is 11.2 Å². The molecule has 2 aromatic carbocycles. The molecule has 5 rings (SSSR count). The Hall–Kier alpha value is -3.99. The number of halogens is 2. The summed E-state index contributed by atoms with van der Waals surface area (Å²) in [7, 11) is 0. The first-order valence-corrected chi connectivity index (χ1v) is 13.2. The van der Waals surface area contributed by atoms with Gasteiger partial charge in [0.05, 0.1) is 32.9 Å². The fraction of sp³-hybridized carbons (Fsp3) is 0.148. The van der Waals surface area contributed by atoms with E-state index >= 15 is 0 Å². The molecule has 39 heavy (non-hydrogen) atoms. The SMILES string of the molecule is CCOC(=O)C1=C(C)N=c2s/c(=C\c3ccc(-c4ccc(Cl)cc4[N+](=O)[O-])o3)c(=O)n2C1c1ccccc1Cl. The lowest BCUT2D eigenvalue weighted by molar-refractivity contribution is -0.384. The number of carbonyl (C=O) groups is 1. The minimum absolute atomic E-state index is 0.155. The number of nitro groups is 1. The van der Waals surface area contributed by atoms with E-state index in [-0.39, 0.29) is 38.7 Å². The Labute approximate surface area is 235 Å². The Balaban J connectivity index is 1.65. The number of rotatable bonds is 6. The number of thiazole rings is 1. The second kappa shape index (κ2) is 10.6. The number of ether oxygens (including phenoxy) is 1. The molecule has 0 aliphatic carbocycles. The largest absolute Gasteiger partial charge is 0.463 e. The maximum absolute atomic E-state index is 13.7. The second-order valence-electron chi connectivity index (χ2n) is 8.44. The van der Waals surface area contributed by atoms with Gasteiger partial charge in [-0.25, -0.2) is 9.79 Å². The highest BCUT2D eigenvalue weighted by Crippen LogP contribution is 2.35. The maximum atomic E-state index is 13.7. The van der Waals surface area contributed by atoms with Gasteiger partial charge in [0.2, 0.25) is 0 Å². The normalized spacial score (nSPS) is 15.2. The Morgan fingerprint density at radius 1 is 1.23 bits per heavy atom. The quantitative estimate of drug-likeness (QED) is 0.173. The lowest BCUT2D eigenvalue weighted by Crippen LogP contribution is -2.40. The summed E-state index contributed by atoms with van der Waals surface area (Å²) in [5.74, 6) is -0.0416. The lowest BCUT2D eigenvalue weighted by atomic mass is 9.96. The molecule has 4 aromatic rings. The molecule has 0 amide bonds. The summed E-state index contributed by atoms with van der Waals surface area (Å²) in [6, 6.07) is 13.6. The zero-order chi connectivity index (χ0) is 27.8. The van der Waals surface area contributed by atoms with Crippen molar-refractivity contribution in [2.24, 2.45) is 4.99 Å². The minimum atomic E-state index is -0.847. The van der Waals surface area contributed by atoms with Gasteiger partial charge in [-0.3, -0.25) is 19.5 Å². The molecule has 1 unspecified atom stereocenters. The maximum Gasteiger partial charge on any atom is 0.338 e. The van der Waals surface area contributed by atoms with Crippen molar-refractivity contribution in [1.29, 1.82) is 0 Å². The fourth-order valence-corrected chi connectivity index (χ4v) is 5.78. The summed E-state index contributed by atoms with van der Waals surface area (Å²) >= 11 is 13.6. The Morgan fingerprint density at radius 3 is 2.72 bits per heavy atom. The topological polar surface area (TPSA) is 117 Å². The number of fused-ring (bicyclic) bond motifs is 1. The van der Waals surface area contributed by atoms with Crippen LogP contribution in [-0.2, 0) is 9.53 Å². The summed E-state index contributed by atoms with van der Waals surface area (Å²) < 4.78 is 12.9. The van der Waals surface area contributed by atoms with E-state index in [1.807, 2.05) is 0 Å². The van der Waals surface area contributed by atoms with E-state index in [9.17, 15) is 19.7 Å². The van der Waals surface area contributed by atoms with Gasteiger partial charge in [-0.2, -0.15) is 0 Å². The molecule has 0 fully saturated rings. The van der Waals surface area contributed by atoms with Crippen molar-refractivity contribution in [1.82, 2.24) is 4.57 Å². The number of allylic oxidation sites excluding steroid dienone is 1. The van der Waals surface area contributed by atoms with Crippen molar-refractivity contribution < 1.29 is 18.9 Å². The van der Waals surface area contributed by atoms with Crippen LogP contribution in [0.25, 0.3) is 17.4 Å². The van der Waals surface area contributed by atoms with Crippen molar-refractivity contribution in [3.8, 4) is 11.3 Å². The first-order chi connectivity index (χ1) is 18.7. The zero-order valence-corrected chi connectivity index (χ0v) is 22.8. The number of carbonyl (C=O) groups excluding carboxylic acids is 1. The van der Waals surface area contributed by atoms with E-state index in [1.165, 1.54) is 28.8 Å². The van der Waals surface area contributed by atoms with Gasteiger partial charge in [0.1, 0.15) is 17.6 Å². The number of hydrogen-bond donors (Lipinski definition) is 0. The Kier molecular flexibility index (Phi) is 7.26. The summed E-state index contributed by atoms with van der Waals surface area (Å²) in [6.45, 7) is 3.54. The molecule has 0 saturated carbocycles. The molecule has 12 heteroatoms. The number of benzene rings is 2. The minimum Gasteiger partial charge on any atom is -0.463 e. The van der Waals surface area contributed by atoms with Gasteiger partial charge >= 0.3 is 5.97 Å². The average molecular weight is 584 g/mol. The predicted molar refractivity (Wildman–Crippen MR) is 148 cm³/mol. The van der Waals surface area contributed by atoms with Crippen LogP contribution in [0.4, 0.5) is 5.69 Å². The molecule has 0 radical (unpaired) electrons. The van der Waals surface area contributed by atoms with E-state index < -0.39 is 22.5 Å². The van der Waals surface area contributed by atoms with Crippen LogP contribution in [0.3, 0.4) is 0 Å². The molecular formula is C27H19Cl2N3O6S. The Morgan fingerprint density at radius 2 is 2.00 bits per heavy atom. The van der Waals surface area contributed by atoms with Crippen LogP contribution in [0.1, 0.15) is 31.2 Å². The molecule has 0 N–H and O–H groups in total. The van der Waals surface area contributed by atoms with E-state index in [1.54, 1.807) is 50.2 Å². The van der Waals surface area contributed by atoms with Crippen LogP contribution in [0.2, 0.25) is 10.0 Å². The van der Waals surface area contributed by atoms with Crippen LogP contribution in [0.15, 0.2) is 80.1 Å². The molecule has 198 valence electrons. The third kappa shape index (κ3) is 4.94. The summed E-state index contributed by atoms with van der Waals surface area (Å²) in [5, 5.41) is 12.1. The van der Waals surface area contributed by atoms with Crippen LogP contribution in [0, 0.1) is 10.1 Å². The van der Waals surface area contributed by atoms with Crippen LogP contribution < -0.4 is 14.9 Å². The van der Waals surface area contributed by atoms with Crippen LogP contribution in [0.5, 0.6) is 0 Å². The van der Waals surface area contributed by atoms with E-state index in [4.69, 9.17) is 32.4 Å². The van der Waals surface area contributed by atoms with E-state index in [0.717, 1.165) is 11.3 Å². The van der Waals surface area contributed by atoms with Gasteiger partial charge in [-0.1, -0.05) is 52.7 Å². The molecule has 1 atom stereocenters. The van der Waals surface area contributed by atoms with Crippen molar-refractivity contribution in [2.75, 3.05) is 6.61 Å². The zero-order valence-electron chi connectivity index (χ0n) is 20.5. The standard InChI is InChI=1S/C27H19Cl2N3O6S/c1-3-37-26(34)23-14(2)30-27-31(24(23)17-6-4-5-7-19(17)29)25(33)22(39-27)13-16-9-11-21(38-16)18-10-8-15(28)12-20(18)32(35)36/h4-13,24H,3H2,1-2H3/b22-13-. The Bertz CT molecular complexity index is 1850. The van der Waals surface area contributed by atoms with Crippen molar-refractivity contribution in [2.45, 2.75) is 19.9 Å². The molecule has 1 aliphatic rings. The predicted octanol–water partition coefficient (Wildman–Crippen LogP) is 5.27. The summed E-state index contributed by atoms with van der Waals surface area (Å²) in [4.78, 5) is 42.6. The molecule has 3 heterocycles. The first-order valence-electron chi connectivity index (χ1n) is 11.7.